The molecule has 68 valence electrons. The van der Waals surface area contributed by atoms with Crippen molar-refractivity contribution in [1.29, 1.82) is 0 Å². The predicted octanol–water partition coefficient (Wildman–Crippen LogP) is -1.16. The van der Waals surface area contributed by atoms with Gasteiger partial charge in [-0.3, -0.25) is 10.1 Å². The zero-order chi connectivity index (χ0) is 7.84. The van der Waals surface area contributed by atoms with Crippen LogP contribution in [0, 0.1) is 5.92 Å². The van der Waals surface area contributed by atoms with E-state index in [1.807, 2.05) is 0 Å². The lowest BCUT2D eigenvalue weighted by Gasteiger charge is -2.24. The lowest BCUT2D eigenvalue weighted by atomic mass is 10.0. The number of rotatable bonds is 0. The van der Waals surface area contributed by atoms with Gasteiger partial charge in [-0.05, 0) is 0 Å². The molecule has 0 spiro atoms. The molecule has 2 aliphatic heterocycles. The van der Waals surface area contributed by atoms with Gasteiger partial charge < -0.3 is 10.6 Å². The Bertz CT molecular complexity index is 221. The van der Waals surface area contributed by atoms with Crippen LogP contribution in [0.5, 0.6) is 0 Å². The lowest BCUT2D eigenvalue weighted by molar-refractivity contribution is -0.124. The standard InChI is InChI=1S/C6H9N3O2.ClH/c10-5-3-1-7-2-4(3)8-6(11)9-5;/h3-4,7H,1-2H2,(H2,8,9,10,11);1H. The number of urea groups is 1. The van der Waals surface area contributed by atoms with Gasteiger partial charge in [0, 0.05) is 13.1 Å². The Balaban J connectivity index is 0.000000720. The number of fused-ring (bicyclic) bond motifs is 1. The largest absolute Gasteiger partial charge is 0.333 e. The van der Waals surface area contributed by atoms with Crippen LogP contribution >= 0.6 is 12.4 Å². The molecule has 2 aliphatic rings. The molecule has 2 heterocycles. The predicted molar refractivity (Wildman–Crippen MR) is 44.1 cm³/mol. The van der Waals surface area contributed by atoms with Gasteiger partial charge in [0.05, 0.1) is 12.0 Å². The maximum atomic E-state index is 11.1. The second-order valence-corrected chi connectivity index (χ2v) is 2.83. The van der Waals surface area contributed by atoms with Crippen LogP contribution < -0.4 is 16.0 Å². The van der Waals surface area contributed by atoms with Gasteiger partial charge in [-0.25, -0.2) is 4.79 Å². The minimum absolute atomic E-state index is 0. The average Bonchev–Trinajstić information content (AvgIpc) is 2.34. The van der Waals surface area contributed by atoms with Crippen molar-refractivity contribution in [1.82, 2.24) is 16.0 Å². The molecular formula is C6H10ClN3O2. The van der Waals surface area contributed by atoms with E-state index < -0.39 is 0 Å². The van der Waals surface area contributed by atoms with Crippen LogP contribution in [0.1, 0.15) is 0 Å². The van der Waals surface area contributed by atoms with Crippen molar-refractivity contribution in [2.24, 2.45) is 5.92 Å². The Morgan fingerprint density at radius 1 is 1.25 bits per heavy atom. The van der Waals surface area contributed by atoms with Crippen molar-refractivity contribution in [3.63, 3.8) is 0 Å². The van der Waals surface area contributed by atoms with Crippen molar-refractivity contribution in [3.8, 4) is 0 Å². The summed E-state index contributed by atoms with van der Waals surface area (Å²) in [6.07, 6.45) is 0. The lowest BCUT2D eigenvalue weighted by Crippen LogP contribution is -2.57. The number of amides is 3. The summed E-state index contributed by atoms with van der Waals surface area (Å²) in [4.78, 5) is 21.8. The number of hydrogen-bond donors (Lipinski definition) is 3. The number of carbonyl (C=O) groups is 2. The first-order valence-electron chi connectivity index (χ1n) is 3.59. The van der Waals surface area contributed by atoms with Crippen LogP contribution in [0.15, 0.2) is 0 Å². The Morgan fingerprint density at radius 2 is 2.00 bits per heavy atom. The first kappa shape index (κ1) is 9.28. The van der Waals surface area contributed by atoms with E-state index in [0.29, 0.717) is 13.1 Å². The highest BCUT2D eigenvalue weighted by atomic mass is 35.5. The molecule has 2 saturated heterocycles. The van der Waals surface area contributed by atoms with E-state index in [9.17, 15) is 9.59 Å². The van der Waals surface area contributed by atoms with Crippen molar-refractivity contribution in [2.45, 2.75) is 6.04 Å². The maximum Gasteiger partial charge on any atom is 0.321 e. The van der Waals surface area contributed by atoms with Crippen molar-refractivity contribution >= 4 is 24.3 Å². The van der Waals surface area contributed by atoms with Crippen molar-refractivity contribution in [2.75, 3.05) is 13.1 Å². The van der Waals surface area contributed by atoms with Crippen molar-refractivity contribution < 1.29 is 9.59 Å². The normalized spacial score (nSPS) is 33.0. The smallest absolute Gasteiger partial charge is 0.321 e. The summed E-state index contributed by atoms with van der Waals surface area (Å²) in [6.45, 7) is 1.36. The molecule has 0 saturated carbocycles. The monoisotopic (exact) mass is 191 g/mol. The number of nitrogens with one attached hydrogen (secondary N) is 3. The minimum Gasteiger partial charge on any atom is -0.333 e. The highest BCUT2D eigenvalue weighted by Crippen LogP contribution is 2.11. The minimum atomic E-state index is -0.375. The second kappa shape index (κ2) is 3.28. The SMILES string of the molecule is Cl.O=C1NC(=O)C2CNCC2N1. The molecule has 12 heavy (non-hydrogen) atoms. The summed E-state index contributed by atoms with van der Waals surface area (Å²) >= 11 is 0. The van der Waals surface area contributed by atoms with E-state index in [-0.39, 0.29) is 36.3 Å². The van der Waals surface area contributed by atoms with Gasteiger partial charge in [0.2, 0.25) is 5.91 Å². The first-order chi connectivity index (χ1) is 5.27. The second-order valence-electron chi connectivity index (χ2n) is 2.83. The molecular weight excluding hydrogens is 182 g/mol. The molecule has 6 heteroatoms. The number of halogens is 1. The zero-order valence-electron chi connectivity index (χ0n) is 6.29. The summed E-state index contributed by atoms with van der Waals surface area (Å²) in [7, 11) is 0. The van der Waals surface area contributed by atoms with Crippen LogP contribution in [-0.2, 0) is 4.79 Å². The molecule has 0 aliphatic carbocycles. The van der Waals surface area contributed by atoms with E-state index in [0.717, 1.165) is 0 Å². The third-order valence-electron chi connectivity index (χ3n) is 2.10. The van der Waals surface area contributed by atoms with Crippen LogP contribution in [0.4, 0.5) is 4.79 Å². The van der Waals surface area contributed by atoms with Gasteiger partial charge in [0.25, 0.3) is 0 Å². The Labute approximate surface area is 75.7 Å². The fourth-order valence-electron chi connectivity index (χ4n) is 1.51. The number of carbonyl (C=O) groups excluding carboxylic acids is 2. The summed E-state index contributed by atoms with van der Waals surface area (Å²) in [5.74, 6) is -0.239. The highest BCUT2D eigenvalue weighted by Gasteiger charge is 2.38. The van der Waals surface area contributed by atoms with E-state index in [1.54, 1.807) is 0 Å². The Morgan fingerprint density at radius 3 is 2.75 bits per heavy atom. The Kier molecular flexibility index (Phi) is 2.54. The topological polar surface area (TPSA) is 70.2 Å². The van der Waals surface area contributed by atoms with Crippen LogP contribution in [0.25, 0.3) is 0 Å². The third kappa shape index (κ3) is 1.37. The third-order valence-corrected chi connectivity index (χ3v) is 2.10. The molecule has 3 amide bonds. The van der Waals surface area contributed by atoms with E-state index in [2.05, 4.69) is 16.0 Å². The maximum absolute atomic E-state index is 11.1. The quantitative estimate of drug-likeness (QED) is 0.452. The van der Waals surface area contributed by atoms with Gasteiger partial charge in [0.1, 0.15) is 0 Å². The molecule has 3 N–H and O–H groups in total. The highest BCUT2D eigenvalue weighted by molar-refractivity contribution is 5.98. The summed E-state index contributed by atoms with van der Waals surface area (Å²) in [5, 5.41) is 7.94. The van der Waals surface area contributed by atoms with Gasteiger partial charge in [0.15, 0.2) is 0 Å². The van der Waals surface area contributed by atoms with E-state index in [1.165, 1.54) is 0 Å². The fourth-order valence-corrected chi connectivity index (χ4v) is 1.51. The fraction of sp³-hybridized carbons (Fsp3) is 0.667. The zero-order valence-corrected chi connectivity index (χ0v) is 7.11. The number of imide groups is 1. The molecule has 5 nitrogen and oxygen atoms in total. The van der Waals surface area contributed by atoms with Gasteiger partial charge in [-0.2, -0.15) is 0 Å². The molecule has 2 fully saturated rings. The molecule has 0 aromatic carbocycles. The summed E-state index contributed by atoms with van der Waals surface area (Å²) in [6, 6.07) is -0.379. The van der Waals surface area contributed by atoms with Gasteiger partial charge >= 0.3 is 6.03 Å². The molecule has 2 unspecified atom stereocenters. The number of hydrogen-bond acceptors (Lipinski definition) is 3. The molecule has 0 radical (unpaired) electrons. The van der Waals surface area contributed by atoms with Crippen LogP contribution in [0.2, 0.25) is 0 Å². The van der Waals surface area contributed by atoms with Crippen LogP contribution in [-0.4, -0.2) is 31.1 Å². The molecule has 2 atom stereocenters. The van der Waals surface area contributed by atoms with E-state index in [4.69, 9.17) is 0 Å². The summed E-state index contributed by atoms with van der Waals surface area (Å²) in [5.41, 5.74) is 0. The molecule has 2 rings (SSSR count). The first-order valence-corrected chi connectivity index (χ1v) is 3.59. The van der Waals surface area contributed by atoms with Crippen molar-refractivity contribution in [3.05, 3.63) is 0 Å². The molecule has 0 aromatic rings. The van der Waals surface area contributed by atoms with Gasteiger partial charge in [-0.1, -0.05) is 0 Å². The van der Waals surface area contributed by atoms with Crippen LogP contribution in [0.3, 0.4) is 0 Å². The average molecular weight is 192 g/mol. The van der Waals surface area contributed by atoms with Gasteiger partial charge in [-0.15, -0.1) is 12.4 Å². The molecule has 0 aromatic heterocycles. The molecule has 0 bridgehead atoms. The van der Waals surface area contributed by atoms with E-state index >= 15 is 0 Å². The summed E-state index contributed by atoms with van der Waals surface area (Å²) < 4.78 is 0. The Hall–Kier alpha value is -0.810.